The second-order valence-corrected chi connectivity index (χ2v) is 31.8. The Morgan fingerprint density at radius 3 is 0.992 bits per heavy atom. The molecule has 4 aromatic carbocycles. The molecule has 3 aliphatic rings. The molecule has 3 saturated heterocycles. The van der Waals surface area contributed by atoms with Crippen LogP contribution >= 0.6 is 92.8 Å². The van der Waals surface area contributed by atoms with Gasteiger partial charge >= 0.3 is 35.2 Å². The number of hydrogen-bond donors (Lipinski definition) is 3. The fraction of sp³-hybridized carbons (Fsp3) is 0.434. The van der Waals surface area contributed by atoms with Gasteiger partial charge in [0.15, 0.2) is 0 Å². The van der Waals surface area contributed by atoms with Crippen LogP contribution in [-0.2, 0) is 9.47 Å². The largest absolute Gasteiger partial charge is 2.00 e. The van der Waals surface area contributed by atoms with E-state index in [1.54, 1.807) is 52.3 Å². The molecule has 0 unspecified atom stereocenters. The zero-order valence-corrected chi connectivity index (χ0v) is 78.1. The summed E-state index contributed by atoms with van der Waals surface area (Å²) in [5.41, 5.74) is 2.55. The Balaban J connectivity index is 0.000000724. The number of alkyl halides is 2. The number of phenolic OH excluding ortho intramolecular Hbond substituents is 1. The van der Waals surface area contributed by atoms with Gasteiger partial charge in [-0.25, -0.2) is 62.0 Å². The molecule has 9 aromatic rings. The van der Waals surface area contributed by atoms with Crippen molar-refractivity contribution < 1.29 is 68.3 Å². The number of aromatic nitrogens is 10. The normalized spacial score (nSPS) is 12.7. The molecule has 12 rings (SSSR count). The molecule has 3 aliphatic heterocycles. The van der Waals surface area contributed by atoms with Crippen LogP contribution in [0.4, 0.5) is 39.0 Å². The van der Waals surface area contributed by atoms with E-state index in [1.165, 1.54) is 78.9 Å². The van der Waals surface area contributed by atoms with E-state index in [-0.39, 0.29) is 139 Å². The number of hydrogen-bond acceptors (Lipinski definition) is 22. The molecule has 0 atom stereocenters. The molecule has 2 amide bonds. The summed E-state index contributed by atoms with van der Waals surface area (Å²) >= 11 is 42.8. The number of nitrogens with one attached hydrogen (secondary N) is 2. The summed E-state index contributed by atoms with van der Waals surface area (Å²) in [6.45, 7) is 40.6. The van der Waals surface area contributed by atoms with Gasteiger partial charge in [0, 0.05) is 108 Å². The fourth-order valence-corrected chi connectivity index (χ4v) is 10.7. The van der Waals surface area contributed by atoms with Gasteiger partial charge in [-0.1, -0.05) is 97.6 Å². The van der Waals surface area contributed by atoms with Crippen molar-refractivity contribution in [2.75, 3.05) is 93.7 Å². The minimum atomic E-state index is -0.518. The average Bonchev–Trinajstić information content (AvgIpc) is 0.812. The number of anilines is 2. The van der Waals surface area contributed by atoms with Crippen LogP contribution in [-0.4, -0.2) is 195 Å². The number of phenols is 1. The first kappa shape index (κ1) is 112. The van der Waals surface area contributed by atoms with Crippen molar-refractivity contribution in [3.05, 3.63) is 211 Å². The predicted octanol–water partition coefficient (Wildman–Crippen LogP) is 19.3. The third-order valence-corrected chi connectivity index (χ3v) is 16.2. The molecule has 660 valence electrons. The topological polar surface area (TPSA) is 266 Å². The number of amides is 2. The standard InChI is InChI=1S/C22H29FN4O3.C17H21FN4O.C13H12ClFN2O.C9H18N2O2.C7H8Cl2N2.C6H5FO.C4HCl3N2.C3H7.CH2Cl2.CH4.ClH.Mg/c1-15(2)18-14-19(29-17-8-6-16(23)7-9-17)25-20(24-18)26-10-12-27(13-11-26)21(28)30-22(3,4)5;1-12(2)15-11-16(23-14-5-3-13(18)4-6-14)21-17(20-15)22-9-7-19-8-10-22;1-8(2)11-7-12(17-13(14)16-11)18-10-5-3-9(15)4-6-10;1-9(2,3)13-8(12)11-6-4-10-5-7-11;1-4(2)5-3-6(8)11-7(9)10-5;7-5-1-3-6(8)4-2-5;5-2-1-3(6)9-4(7)8-2;1-3-2;2-1-3;;;/h6-9,14-15H,10-13H2,1-5H3;3-6,11-12,19H,7-10H2,1-2H3;3-8H,1-2H3;10H,4-7H2,1-3H3;3-4H,1-2H3;1-4,8H;1H;3H,1-2H3;1H2;1H4;1H;/q;;;;;;;-1;;;;+2/p-1. The molecule has 38 heteroatoms. The van der Waals surface area contributed by atoms with Gasteiger partial charge in [-0.05, 0) is 203 Å². The van der Waals surface area contributed by atoms with E-state index >= 15 is 0 Å². The van der Waals surface area contributed by atoms with Crippen LogP contribution in [0.15, 0.2) is 127 Å². The minimum Gasteiger partial charge on any atom is -1.00 e. The van der Waals surface area contributed by atoms with Crippen LogP contribution in [0.25, 0.3) is 0 Å². The summed E-state index contributed by atoms with van der Waals surface area (Å²) in [6.07, 6.45) is 1.49. The molecule has 0 aliphatic carbocycles. The maximum absolute atomic E-state index is 13.2. The number of halogens is 13. The first-order chi connectivity index (χ1) is 55.6. The monoisotopic (exact) mass is 1870 g/mol. The van der Waals surface area contributed by atoms with E-state index < -0.39 is 5.60 Å². The first-order valence-corrected chi connectivity index (χ1v) is 40.8. The number of piperazine rings is 3. The fourth-order valence-electron chi connectivity index (χ4n) is 9.43. The molecule has 3 fully saturated rings. The van der Waals surface area contributed by atoms with Crippen LogP contribution in [0.3, 0.4) is 0 Å². The Morgan fingerprint density at radius 2 is 0.686 bits per heavy atom. The van der Waals surface area contributed by atoms with Crippen molar-refractivity contribution in [1.29, 1.82) is 0 Å². The number of benzene rings is 4. The summed E-state index contributed by atoms with van der Waals surface area (Å²) in [7, 11) is 0. The zero-order valence-electron chi connectivity index (χ0n) is 69.9. The van der Waals surface area contributed by atoms with Gasteiger partial charge in [-0.3, -0.25) is 0 Å². The van der Waals surface area contributed by atoms with E-state index in [1.807, 2.05) is 114 Å². The second kappa shape index (κ2) is 58.0. The molecule has 121 heavy (non-hydrogen) atoms. The third kappa shape index (κ3) is 46.3. The average molecular weight is 1880 g/mol. The quantitative estimate of drug-likeness (QED) is 0.0256. The number of nitrogens with zero attached hydrogens (tertiary/aromatic N) is 14. The summed E-state index contributed by atoms with van der Waals surface area (Å²) in [6, 6.07) is 31.0. The Bertz CT molecular complexity index is 4360. The van der Waals surface area contributed by atoms with Gasteiger partial charge < -0.3 is 77.9 Å². The van der Waals surface area contributed by atoms with Crippen molar-refractivity contribution in [2.24, 2.45) is 0 Å². The van der Waals surface area contributed by atoms with E-state index in [9.17, 15) is 27.2 Å². The van der Waals surface area contributed by atoms with Crippen LogP contribution in [0, 0.1) is 29.7 Å². The molecule has 0 saturated carbocycles. The molecular weight excluding hydrogens is 1770 g/mol. The first-order valence-electron chi connectivity index (χ1n) is 37.5. The number of carbonyl (C=O) groups is 2. The van der Waals surface area contributed by atoms with Gasteiger partial charge in [0.1, 0.15) is 72.9 Å². The van der Waals surface area contributed by atoms with Gasteiger partial charge in [0.2, 0.25) is 45.4 Å². The van der Waals surface area contributed by atoms with E-state index in [0.29, 0.717) is 84.0 Å². The Morgan fingerprint density at radius 1 is 0.421 bits per heavy atom. The van der Waals surface area contributed by atoms with Gasteiger partial charge in [0.25, 0.3) is 0 Å². The van der Waals surface area contributed by atoms with Gasteiger partial charge in [-0.2, -0.15) is 28.8 Å². The molecule has 24 nitrogen and oxygen atoms in total. The molecule has 8 heterocycles. The van der Waals surface area contributed by atoms with Crippen molar-refractivity contribution in [1.82, 2.24) is 70.3 Å². The molecule has 3 N–H and O–H groups in total. The van der Waals surface area contributed by atoms with Crippen LogP contribution < -0.4 is 47.1 Å². The molecule has 0 bridgehead atoms. The summed E-state index contributed by atoms with van der Waals surface area (Å²) in [5.74, 6) is 3.91. The summed E-state index contributed by atoms with van der Waals surface area (Å²) in [5, 5.41) is 16.6. The molecule has 0 spiro atoms. The molecular formula is C83H107Cl9F4MgN16O8. The second-order valence-electron chi connectivity index (χ2n) is 28.8. The van der Waals surface area contributed by atoms with Crippen molar-refractivity contribution in [2.45, 2.75) is 153 Å². The van der Waals surface area contributed by atoms with Gasteiger partial charge in [-0.15, -0.1) is 23.2 Å². The molecule has 5 aromatic heterocycles. The number of aromatic hydroxyl groups is 1. The third-order valence-electron chi connectivity index (χ3n) is 15.1. The zero-order chi connectivity index (χ0) is 87.8. The van der Waals surface area contributed by atoms with E-state index in [2.05, 4.69) is 79.2 Å². The maximum atomic E-state index is 13.2. The Hall–Kier alpha value is -7.36. The number of rotatable bonds is 12. The summed E-state index contributed by atoms with van der Waals surface area (Å²) in [4.78, 5) is 72.8. The van der Waals surface area contributed by atoms with Crippen molar-refractivity contribution in [3.8, 4) is 40.6 Å². The van der Waals surface area contributed by atoms with Crippen LogP contribution in [0.5, 0.6) is 40.6 Å². The Labute approximate surface area is 771 Å². The van der Waals surface area contributed by atoms with Gasteiger partial charge in [0.05, 0.1) is 22.4 Å². The smallest absolute Gasteiger partial charge is 1.00 e. The minimum absolute atomic E-state index is 0. The Kier molecular flexibility index (Phi) is 53.5. The van der Waals surface area contributed by atoms with Crippen molar-refractivity contribution in [3.63, 3.8) is 0 Å². The van der Waals surface area contributed by atoms with Crippen LogP contribution in [0.2, 0.25) is 31.3 Å². The van der Waals surface area contributed by atoms with E-state index in [0.717, 1.165) is 75.1 Å². The predicted molar refractivity (Wildman–Crippen MR) is 475 cm³/mol. The van der Waals surface area contributed by atoms with Crippen molar-refractivity contribution >= 4 is 140 Å². The van der Waals surface area contributed by atoms with E-state index in [4.69, 9.17) is 122 Å². The summed E-state index contributed by atoms with van der Waals surface area (Å²) < 4.78 is 78.7. The van der Waals surface area contributed by atoms with Crippen LogP contribution in [0.1, 0.15) is 165 Å². The SMILES string of the molecule is C.CC(C)(C)OC(=O)N1CCNCC1.CC(C)c1cc(Cl)nc(Cl)n1.CC(C)c1cc(Oc2ccc(F)cc2)nc(Cl)n1.CC(C)c1cc(Oc2ccc(F)cc2)nc(N2CCN(C(=O)OC(C)(C)C)CC2)n1.CC(C)c1cc(Oc2ccc(F)cc2)nc(N2CCNCC2)n1.C[CH-]C.ClCCl.Clc1cc(Cl)nc(Cl)n1.Oc1ccc(F)cc1.[Cl-].[Mg+2]. The maximum Gasteiger partial charge on any atom is 2.00 e. The number of carbonyl (C=O) groups excluding carboxylic acids is 2. The number of ether oxygens (including phenoxy) is 5. The molecule has 0 radical (unpaired) electrons.